The Kier molecular flexibility index (Phi) is 17.1. The van der Waals surface area contributed by atoms with Crippen LogP contribution in [0.25, 0.3) is 0 Å². The minimum Gasteiger partial charge on any atom is -0.494 e. The van der Waals surface area contributed by atoms with E-state index in [0.29, 0.717) is 55.6 Å². The first-order valence-electron chi connectivity index (χ1n) is 18.9. The number of amides is 4. The maximum Gasteiger partial charge on any atom is 0.251 e. The van der Waals surface area contributed by atoms with Crippen LogP contribution >= 0.6 is 11.9 Å². The number of ether oxygens (including phenoxy) is 1. The summed E-state index contributed by atoms with van der Waals surface area (Å²) >= 11 is 1.60. The van der Waals surface area contributed by atoms with E-state index < -0.39 is 0 Å². The molecule has 56 heavy (non-hydrogen) atoms. The van der Waals surface area contributed by atoms with Crippen molar-refractivity contribution in [3.63, 3.8) is 0 Å². The van der Waals surface area contributed by atoms with Gasteiger partial charge in [-0.25, -0.2) is 4.98 Å². The molecule has 0 unspecified atom stereocenters. The zero-order chi connectivity index (χ0) is 40.3. The van der Waals surface area contributed by atoms with Gasteiger partial charge in [0, 0.05) is 64.2 Å². The van der Waals surface area contributed by atoms with Gasteiger partial charge in [0.15, 0.2) is 0 Å². The second-order valence-corrected chi connectivity index (χ2v) is 14.5. The number of carbonyl (C=O) groups excluding carboxylic acids is 4. The van der Waals surface area contributed by atoms with Gasteiger partial charge in [-0.15, -0.1) is 0 Å². The van der Waals surface area contributed by atoms with Gasteiger partial charge >= 0.3 is 0 Å². The molecular weight excluding hydrogens is 731 g/mol. The van der Waals surface area contributed by atoms with Crippen LogP contribution in [-0.4, -0.2) is 58.8 Å². The zero-order valence-corrected chi connectivity index (χ0v) is 33.5. The normalized spacial score (nSPS) is 13.3. The molecule has 2 aliphatic rings. The van der Waals surface area contributed by atoms with E-state index in [0.717, 1.165) is 46.8 Å². The van der Waals surface area contributed by atoms with E-state index in [2.05, 4.69) is 79.5 Å². The standard InChI is InChI=1S/C33H38N8O3S.C6H9NO2.C2H6/c1-33(2,3)41-45-25-8-4-7-23(19-25)37-29-15-17-35-32(40-29)38-22-11-13-24(14-12-22)44-18-6-16-34-21-30(42)39-28-10-5-9-26-27(28)20-36-31(26)43;8-5-3-1-2-4-6(9)7-5;1-2/h4-5,7-15,17,19,34,41H,6,16,18,20-21H2,1-3H3,(H,36,43)(H,39,42)(H2,35,37,38,40);1-4H2,(H,7,8,9);1-2H3. The third-order valence-electron chi connectivity index (χ3n) is 7.86. The fourth-order valence-electron chi connectivity index (χ4n) is 5.26. The number of hydrogen-bond donors (Lipinski definition) is 7. The van der Waals surface area contributed by atoms with Crippen molar-refractivity contribution in [2.45, 2.75) is 83.7 Å². The monoisotopic (exact) mass is 783 g/mol. The number of carbonyl (C=O) groups is 4. The Balaban J connectivity index is 0.000000550. The maximum absolute atomic E-state index is 12.3. The van der Waals surface area contributed by atoms with E-state index in [-0.39, 0.29) is 35.7 Å². The van der Waals surface area contributed by atoms with E-state index in [1.807, 2.05) is 56.3 Å². The minimum atomic E-state index is -0.158. The van der Waals surface area contributed by atoms with Crippen LogP contribution in [0.2, 0.25) is 0 Å². The molecule has 0 saturated carbocycles. The summed E-state index contributed by atoms with van der Waals surface area (Å²) < 4.78 is 9.28. The number of hydrogen-bond acceptors (Lipinski definition) is 12. The van der Waals surface area contributed by atoms with E-state index >= 15 is 0 Å². The molecule has 1 saturated heterocycles. The molecule has 298 valence electrons. The summed E-state index contributed by atoms with van der Waals surface area (Å²) in [6.07, 6.45) is 5.14. The van der Waals surface area contributed by atoms with Crippen molar-refractivity contribution < 1.29 is 23.9 Å². The van der Waals surface area contributed by atoms with E-state index in [1.165, 1.54) is 0 Å². The molecule has 15 heteroatoms. The van der Waals surface area contributed by atoms with Crippen molar-refractivity contribution in [2.24, 2.45) is 0 Å². The molecule has 6 rings (SSSR count). The van der Waals surface area contributed by atoms with Crippen molar-refractivity contribution in [2.75, 3.05) is 35.6 Å². The lowest BCUT2D eigenvalue weighted by molar-refractivity contribution is -0.129. The smallest absolute Gasteiger partial charge is 0.251 e. The molecule has 0 spiro atoms. The third kappa shape index (κ3) is 15.0. The molecule has 1 aromatic heterocycles. The molecule has 0 bridgehead atoms. The summed E-state index contributed by atoms with van der Waals surface area (Å²) in [4.78, 5) is 55.3. The maximum atomic E-state index is 12.3. The van der Waals surface area contributed by atoms with Gasteiger partial charge in [0.25, 0.3) is 5.91 Å². The summed E-state index contributed by atoms with van der Waals surface area (Å²) in [5.74, 6) is 1.38. The van der Waals surface area contributed by atoms with Crippen LogP contribution in [0.1, 0.15) is 82.6 Å². The molecule has 0 radical (unpaired) electrons. The van der Waals surface area contributed by atoms with Crippen molar-refractivity contribution >= 4 is 64.4 Å². The molecule has 3 aromatic carbocycles. The molecule has 4 aromatic rings. The van der Waals surface area contributed by atoms with Crippen LogP contribution in [-0.2, 0) is 20.9 Å². The van der Waals surface area contributed by atoms with Gasteiger partial charge in [-0.3, -0.25) is 29.2 Å². The van der Waals surface area contributed by atoms with Crippen LogP contribution in [0, 0.1) is 0 Å². The summed E-state index contributed by atoms with van der Waals surface area (Å²) in [5, 5.41) is 17.6. The number of imide groups is 1. The minimum absolute atomic E-state index is 0.0116. The Bertz CT molecular complexity index is 1900. The predicted octanol–water partition coefficient (Wildman–Crippen LogP) is 6.83. The second kappa shape index (κ2) is 22.1. The second-order valence-electron chi connectivity index (χ2n) is 13.6. The quantitative estimate of drug-likeness (QED) is 0.0402. The van der Waals surface area contributed by atoms with Crippen molar-refractivity contribution in [3.05, 3.63) is 90.1 Å². The van der Waals surface area contributed by atoms with Gasteiger partial charge in [0.1, 0.15) is 11.6 Å². The van der Waals surface area contributed by atoms with Crippen LogP contribution < -0.4 is 41.4 Å². The first-order valence-corrected chi connectivity index (χ1v) is 19.7. The highest BCUT2D eigenvalue weighted by atomic mass is 32.2. The first kappa shape index (κ1) is 43.2. The highest BCUT2D eigenvalue weighted by molar-refractivity contribution is 7.97. The zero-order valence-electron chi connectivity index (χ0n) is 32.7. The highest BCUT2D eigenvalue weighted by Crippen LogP contribution is 2.26. The number of aromatic nitrogens is 2. The molecule has 0 atom stereocenters. The van der Waals surface area contributed by atoms with Gasteiger partial charge in [-0.1, -0.05) is 26.0 Å². The largest absolute Gasteiger partial charge is 0.494 e. The molecule has 4 amide bonds. The van der Waals surface area contributed by atoms with Crippen LogP contribution in [0.3, 0.4) is 0 Å². The summed E-state index contributed by atoms with van der Waals surface area (Å²) in [6.45, 7) is 12.1. The van der Waals surface area contributed by atoms with E-state index in [4.69, 9.17) is 4.74 Å². The summed E-state index contributed by atoms with van der Waals surface area (Å²) in [6, 6.07) is 22.9. The molecule has 1 fully saturated rings. The molecule has 2 aliphatic heterocycles. The first-order chi connectivity index (χ1) is 27.0. The van der Waals surface area contributed by atoms with Crippen LogP contribution in [0.15, 0.2) is 83.9 Å². The van der Waals surface area contributed by atoms with Gasteiger partial charge in [-0.2, -0.15) is 4.98 Å². The van der Waals surface area contributed by atoms with Crippen LogP contribution in [0.5, 0.6) is 5.75 Å². The molecule has 0 aliphatic carbocycles. The molecule has 3 heterocycles. The lowest BCUT2D eigenvalue weighted by atomic mass is 10.1. The van der Waals surface area contributed by atoms with Gasteiger partial charge in [0.05, 0.1) is 13.2 Å². The number of rotatable bonds is 14. The highest BCUT2D eigenvalue weighted by Gasteiger charge is 2.22. The summed E-state index contributed by atoms with van der Waals surface area (Å²) in [5.41, 5.74) is 3.88. The van der Waals surface area contributed by atoms with Gasteiger partial charge in [0.2, 0.25) is 23.7 Å². The number of anilines is 5. The van der Waals surface area contributed by atoms with Crippen LogP contribution in [0.4, 0.5) is 28.8 Å². The Morgan fingerprint density at radius 1 is 0.893 bits per heavy atom. The van der Waals surface area contributed by atoms with Crippen molar-refractivity contribution in [1.82, 2.24) is 30.6 Å². The topological polar surface area (TPSA) is 187 Å². The van der Waals surface area contributed by atoms with E-state index in [1.54, 1.807) is 36.3 Å². The van der Waals surface area contributed by atoms with Gasteiger partial charge < -0.3 is 31.3 Å². The number of fused-ring (bicyclic) bond motifs is 1. The molecule has 7 N–H and O–H groups in total. The third-order valence-corrected chi connectivity index (χ3v) is 9.06. The number of nitrogens with zero attached hydrogens (tertiary/aromatic N) is 2. The SMILES string of the molecule is CC.CC(C)(C)NSc1cccc(Nc2ccnc(Nc3ccc(OCCCNCC(=O)Nc4cccc5c4CNC5=O)cc3)n2)c1.O=C1CCCCC(=O)N1. The Morgan fingerprint density at radius 2 is 1.62 bits per heavy atom. The predicted molar refractivity (Wildman–Crippen MR) is 222 cm³/mol. The Morgan fingerprint density at radius 3 is 2.36 bits per heavy atom. The Hall–Kier alpha value is -5.51. The summed E-state index contributed by atoms with van der Waals surface area (Å²) in [7, 11) is 0. The van der Waals surface area contributed by atoms with E-state index in [9.17, 15) is 19.2 Å². The lowest BCUT2D eigenvalue weighted by Gasteiger charge is -2.19. The fourth-order valence-corrected chi connectivity index (χ4v) is 6.01. The average Bonchev–Trinajstić information content (AvgIpc) is 3.45. The number of benzene rings is 3. The van der Waals surface area contributed by atoms with Crippen molar-refractivity contribution in [3.8, 4) is 5.75 Å². The van der Waals surface area contributed by atoms with Gasteiger partial charge in [-0.05, 0) is 119 Å². The average molecular weight is 784 g/mol. The fraction of sp³-hybridized carbons (Fsp3) is 0.366. The Labute approximate surface area is 333 Å². The van der Waals surface area contributed by atoms with Crippen molar-refractivity contribution in [1.29, 1.82) is 0 Å². The molecular formula is C41H53N9O5S. The number of nitrogens with one attached hydrogen (secondary N) is 7. The molecule has 14 nitrogen and oxygen atoms in total. The lowest BCUT2D eigenvalue weighted by Crippen LogP contribution is -2.29.